The van der Waals surface area contributed by atoms with E-state index in [9.17, 15) is 9.59 Å². The molecule has 96 valence electrons. The molecular weight excluding hydrogens is 298 g/mol. The molecule has 5 heteroatoms. The second-order valence-electron chi connectivity index (χ2n) is 4.51. The maximum Gasteiger partial charge on any atom is 0.308 e. The molecule has 1 atom stereocenters. The molecule has 1 fully saturated rings. The van der Waals surface area contributed by atoms with Gasteiger partial charge >= 0.3 is 5.97 Å². The lowest BCUT2D eigenvalue weighted by atomic mass is 10.1. The minimum Gasteiger partial charge on any atom is -0.481 e. The van der Waals surface area contributed by atoms with Gasteiger partial charge in [-0.1, -0.05) is 12.1 Å². The van der Waals surface area contributed by atoms with Gasteiger partial charge in [-0.15, -0.1) is 0 Å². The van der Waals surface area contributed by atoms with E-state index >= 15 is 0 Å². The van der Waals surface area contributed by atoms with Gasteiger partial charge in [0.25, 0.3) is 5.91 Å². The lowest BCUT2D eigenvalue weighted by Gasteiger charge is -2.17. The first-order chi connectivity index (χ1) is 8.50. The minimum absolute atomic E-state index is 0.102. The lowest BCUT2D eigenvalue weighted by Crippen LogP contribution is -2.30. The molecule has 0 radical (unpaired) electrons. The van der Waals surface area contributed by atoms with E-state index in [1.807, 2.05) is 19.1 Å². The Morgan fingerprint density at radius 3 is 2.78 bits per heavy atom. The number of halogens is 1. The van der Waals surface area contributed by atoms with E-state index in [0.717, 1.165) is 10.0 Å². The molecule has 0 aliphatic carbocycles. The number of likely N-dealkylation sites (tertiary alicyclic amines) is 1. The Bertz CT molecular complexity index is 501. The predicted molar refractivity (Wildman–Crippen MR) is 70.5 cm³/mol. The van der Waals surface area contributed by atoms with Crippen LogP contribution in [0.5, 0.6) is 0 Å². The Balaban J connectivity index is 2.18. The van der Waals surface area contributed by atoms with Gasteiger partial charge in [-0.05, 0) is 40.9 Å². The van der Waals surface area contributed by atoms with Crippen molar-refractivity contribution in [2.75, 3.05) is 13.1 Å². The molecule has 4 nitrogen and oxygen atoms in total. The summed E-state index contributed by atoms with van der Waals surface area (Å²) in [4.78, 5) is 24.8. The first-order valence-electron chi connectivity index (χ1n) is 5.78. The van der Waals surface area contributed by atoms with Gasteiger partial charge in [0.15, 0.2) is 0 Å². The van der Waals surface area contributed by atoms with E-state index in [0.29, 0.717) is 25.1 Å². The second kappa shape index (κ2) is 5.10. The first kappa shape index (κ1) is 13.1. The molecule has 2 rings (SSSR count). The van der Waals surface area contributed by atoms with Crippen molar-refractivity contribution in [3.63, 3.8) is 0 Å². The fraction of sp³-hybridized carbons (Fsp3) is 0.385. The minimum atomic E-state index is -0.825. The third-order valence-corrected chi connectivity index (χ3v) is 4.30. The fourth-order valence-electron chi connectivity index (χ4n) is 2.13. The van der Waals surface area contributed by atoms with Crippen LogP contribution < -0.4 is 0 Å². The van der Waals surface area contributed by atoms with Gasteiger partial charge in [-0.3, -0.25) is 9.59 Å². The van der Waals surface area contributed by atoms with Crippen LogP contribution in [0.3, 0.4) is 0 Å². The van der Waals surface area contributed by atoms with Gasteiger partial charge < -0.3 is 10.0 Å². The highest BCUT2D eigenvalue weighted by atomic mass is 79.9. The predicted octanol–water partition coefficient (Wildman–Crippen LogP) is 2.30. The third-order valence-electron chi connectivity index (χ3n) is 3.25. The monoisotopic (exact) mass is 311 g/mol. The van der Waals surface area contributed by atoms with Crippen LogP contribution in [0.25, 0.3) is 0 Å². The average Bonchev–Trinajstić information content (AvgIpc) is 2.81. The van der Waals surface area contributed by atoms with E-state index < -0.39 is 11.9 Å². The molecule has 0 spiro atoms. The van der Waals surface area contributed by atoms with Crippen molar-refractivity contribution in [3.8, 4) is 0 Å². The Morgan fingerprint density at radius 1 is 1.44 bits per heavy atom. The maximum atomic E-state index is 12.3. The number of carbonyl (C=O) groups is 2. The highest BCUT2D eigenvalue weighted by Crippen LogP contribution is 2.25. The molecule has 1 unspecified atom stereocenters. The Kier molecular flexibility index (Phi) is 3.71. The zero-order valence-electron chi connectivity index (χ0n) is 10.0. The number of hydrogen-bond acceptors (Lipinski definition) is 2. The number of rotatable bonds is 2. The molecule has 0 aromatic heterocycles. The second-order valence-corrected chi connectivity index (χ2v) is 5.30. The van der Waals surface area contributed by atoms with Gasteiger partial charge in [0.05, 0.1) is 11.5 Å². The zero-order valence-corrected chi connectivity index (χ0v) is 11.6. The Hall–Kier alpha value is -1.36. The van der Waals surface area contributed by atoms with Crippen LogP contribution in [0.15, 0.2) is 22.7 Å². The average molecular weight is 312 g/mol. The summed E-state index contributed by atoms with van der Waals surface area (Å²) < 4.78 is 0.786. The van der Waals surface area contributed by atoms with Crippen LogP contribution in [0.4, 0.5) is 0 Å². The molecule has 0 saturated carbocycles. The van der Waals surface area contributed by atoms with Crippen molar-refractivity contribution >= 4 is 27.8 Å². The summed E-state index contributed by atoms with van der Waals surface area (Å²) in [6.07, 6.45) is 0.532. The van der Waals surface area contributed by atoms with Gasteiger partial charge in [0.1, 0.15) is 0 Å². The van der Waals surface area contributed by atoms with E-state index in [4.69, 9.17) is 5.11 Å². The molecule has 1 heterocycles. The van der Waals surface area contributed by atoms with Crippen molar-refractivity contribution in [3.05, 3.63) is 33.8 Å². The quantitative estimate of drug-likeness (QED) is 0.911. The molecule has 1 saturated heterocycles. The standard InChI is InChI=1S/C13H14BrNO3/c1-8-3-2-4-10(11(8)14)12(16)15-6-5-9(7-15)13(17)18/h2-4,9H,5-7H2,1H3,(H,17,18). The molecule has 18 heavy (non-hydrogen) atoms. The van der Waals surface area contributed by atoms with Crippen molar-refractivity contribution in [1.29, 1.82) is 0 Å². The normalized spacial score (nSPS) is 19.0. The topological polar surface area (TPSA) is 57.6 Å². The van der Waals surface area contributed by atoms with Gasteiger partial charge in [-0.25, -0.2) is 0 Å². The maximum absolute atomic E-state index is 12.3. The Labute approximate surface area is 114 Å². The molecule has 1 N–H and O–H groups in total. The van der Waals surface area contributed by atoms with E-state index in [1.54, 1.807) is 11.0 Å². The van der Waals surface area contributed by atoms with Crippen LogP contribution in [0.2, 0.25) is 0 Å². The number of aliphatic carboxylic acids is 1. The van der Waals surface area contributed by atoms with Crippen LogP contribution >= 0.6 is 15.9 Å². The smallest absolute Gasteiger partial charge is 0.308 e. The summed E-state index contributed by atoms with van der Waals surface area (Å²) in [5.74, 6) is -1.36. The third kappa shape index (κ3) is 2.41. The summed E-state index contributed by atoms with van der Waals surface area (Å²) in [6, 6.07) is 5.51. The number of carboxylic acid groups (broad SMARTS) is 1. The van der Waals surface area contributed by atoms with Crippen LogP contribution in [-0.4, -0.2) is 35.0 Å². The molecule has 1 amide bonds. The number of carbonyl (C=O) groups excluding carboxylic acids is 1. The molecule has 1 aromatic carbocycles. The summed E-state index contributed by atoms with van der Waals surface area (Å²) in [6.45, 7) is 2.73. The van der Waals surface area contributed by atoms with Crippen molar-refractivity contribution in [2.45, 2.75) is 13.3 Å². The fourth-order valence-corrected chi connectivity index (χ4v) is 2.56. The van der Waals surface area contributed by atoms with Gasteiger partial charge in [-0.2, -0.15) is 0 Å². The van der Waals surface area contributed by atoms with Crippen LogP contribution in [0, 0.1) is 12.8 Å². The van der Waals surface area contributed by atoms with Crippen LogP contribution in [0.1, 0.15) is 22.3 Å². The van der Waals surface area contributed by atoms with Crippen molar-refractivity contribution in [2.24, 2.45) is 5.92 Å². The lowest BCUT2D eigenvalue weighted by molar-refractivity contribution is -0.141. The summed E-state index contributed by atoms with van der Waals surface area (Å²) in [5.41, 5.74) is 1.59. The largest absolute Gasteiger partial charge is 0.481 e. The van der Waals surface area contributed by atoms with E-state index in [2.05, 4.69) is 15.9 Å². The number of amides is 1. The SMILES string of the molecule is Cc1cccc(C(=O)N2CCC(C(=O)O)C2)c1Br. The van der Waals surface area contributed by atoms with Crippen molar-refractivity contribution in [1.82, 2.24) is 4.90 Å². The number of nitrogens with zero attached hydrogens (tertiary/aromatic N) is 1. The van der Waals surface area contributed by atoms with E-state index in [1.165, 1.54) is 0 Å². The number of hydrogen-bond donors (Lipinski definition) is 1. The van der Waals surface area contributed by atoms with Crippen molar-refractivity contribution < 1.29 is 14.7 Å². The zero-order chi connectivity index (χ0) is 13.3. The Morgan fingerprint density at radius 2 is 2.17 bits per heavy atom. The molecule has 0 bridgehead atoms. The molecular formula is C13H14BrNO3. The van der Waals surface area contributed by atoms with Gasteiger partial charge in [0.2, 0.25) is 0 Å². The first-order valence-corrected chi connectivity index (χ1v) is 6.57. The summed E-state index contributed by atoms with van der Waals surface area (Å²) >= 11 is 3.41. The number of benzene rings is 1. The highest BCUT2D eigenvalue weighted by molar-refractivity contribution is 9.10. The summed E-state index contributed by atoms with van der Waals surface area (Å²) in [5, 5.41) is 8.93. The van der Waals surface area contributed by atoms with Crippen LogP contribution in [-0.2, 0) is 4.79 Å². The number of aryl methyl sites for hydroxylation is 1. The molecule has 1 aliphatic heterocycles. The van der Waals surface area contributed by atoms with E-state index in [-0.39, 0.29) is 5.91 Å². The highest BCUT2D eigenvalue weighted by Gasteiger charge is 2.31. The van der Waals surface area contributed by atoms with Gasteiger partial charge in [0, 0.05) is 17.6 Å². The summed E-state index contributed by atoms with van der Waals surface area (Å²) in [7, 11) is 0. The number of carboxylic acids is 1. The molecule has 1 aliphatic rings. The molecule has 1 aromatic rings.